The fraction of sp³-hybridized carbons (Fsp3) is 0.533. The second kappa shape index (κ2) is 5.51. The maximum atomic E-state index is 5.96. The van der Waals surface area contributed by atoms with Gasteiger partial charge in [-0.15, -0.1) is 0 Å². The Balaban J connectivity index is 1.99. The minimum absolute atomic E-state index is 0.294. The number of nitrogens with one attached hydrogen (secondary N) is 1. The van der Waals surface area contributed by atoms with Crippen LogP contribution in [-0.2, 0) is 6.54 Å². The Bertz CT molecular complexity index is 558. The number of hydrogen-bond acceptors (Lipinski definition) is 2. The summed E-state index contributed by atoms with van der Waals surface area (Å²) in [5.41, 5.74) is 2.27. The standard InChI is InChI=1S/C15H22ClN3/c1-11(2)15(3,4)10-17-7-13-9-19-8-12(16)5-6-14(19)18-13/h5-6,8-9,11,17H,7,10H2,1-4H3. The van der Waals surface area contributed by atoms with Gasteiger partial charge < -0.3 is 9.72 Å². The van der Waals surface area contributed by atoms with E-state index >= 15 is 0 Å². The van der Waals surface area contributed by atoms with Crippen LogP contribution >= 0.6 is 11.6 Å². The molecule has 0 saturated heterocycles. The Labute approximate surface area is 120 Å². The zero-order chi connectivity index (χ0) is 14.0. The van der Waals surface area contributed by atoms with Crippen molar-refractivity contribution in [3.05, 3.63) is 35.2 Å². The minimum Gasteiger partial charge on any atom is -0.311 e. The van der Waals surface area contributed by atoms with Gasteiger partial charge in [-0.1, -0.05) is 39.3 Å². The third-order valence-electron chi connectivity index (χ3n) is 3.91. The number of nitrogens with zero attached hydrogens (tertiary/aromatic N) is 2. The summed E-state index contributed by atoms with van der Waals surface area (Å²) in [6.07, 6.45) is 3.90. The molecule has 0 spiro atoms. The van der Waals surface area contributed by atoms with Gasteiger partial charge in [-0.3, -0.25) is 0 Å². The molecule has 0 aliphatic carbocycles. The summed E-state index contributed by atoms with van der Waals surface area (Å²) in [6.45, 7) is 10.9. The van der Waals surface area contributed by atoms with E-state index in [2.05, 4.69) is 38.0 Å². The third kappa shape index (κ3) is 3.48. The van der Waals surface area contributed by atoms with Gasteiger partial charge in [-0.25, -0.2) is 4.98 Å². The molecule has 0 saturated carbocycles. The Morgan fingerprint density at radius 2 is 2.05 bits per heavy atom. The van der Waals surface area contributed by atoms with E-state index < -0.39 is 0 Å². The van der Waals surface area contributed by atoms with Crippen molar-refractivity contribution in [1.82, 2.24) is 14.7 Å². The molecule has 0 radical (unpaired) electrons. The minimum atomic E-state index is 0.294. The van der Waals surface area contributed by atoms with E-state index in [9.17, 15) is 0 Å². The highest BCUT2D eigenvalue weighted by atomic mass is 35.5. The van der Waals surface area contributed by atoms with Crippen molar-refractivity contribution in [1.29, 1.82) is 0 Å². The molecule has 0 fully saturated rings. The second-order valence-electron chi connectivity index (χ2n) is 6.09. The lowest BCUT2D eigenvalue weighted by molar-refractivity contribution is 0.237. The fourth-order valence-electron chi connectivity index (χ4n) is 1.82. The molecule has 19 heavy (non-hydrogen) atoms. The molecule has 0 aliphatic heterocycles. The van der Waals surface area contributed by atoms with E-state index in [1.54, 1.807) is 0 Å². The van der Waals surface area contributed by atoms with E-state index in [-0.39, 0.29) is 0 Å². The van der Waals surface area contributed by atoms with Crippen LogP contribution in [0, 0.1) is 11.3 Å². The molecule has 104 valence electrons. The van der Waals surface area contributed by atoms with Gasteiger partial charge in [0.25, 0.3) is 0 Å². The summed E-state index contributed by atoms with van der Waals surface area (Å²) < 4.78 is 1.97. The number of fused-ring (bicyclic) bond motifs is 1. The maximum absolute atomic E-state index is 5.96. The topological polar surface area (TPSA) is 29.3 Å². The Hall–Kier alpha value is -1.06. The van der Waals surface area contributed by atoms with Gasteiger partial charge in [0.05, 0.1) is 10.7 Å². The molecule has 2 aromatic rings. The molecule has 3 nitrogen and oxygen atoms in total. The molecule has 0 atom stereocenters. The number of rotatable bonds is 5. The van der Waals surface area contributed by atoms with Crippen molar-refractivity contribution in [2.24, 2.45) is 11.3 Å². The predicted molar refractivity (Wildman–Crippen MR) is 80.5 cm³/mol. The molecule has 2 heterocycles. The first kappa shape index (κ1) is 14.4. The van der Waals surface area contributed by atoms with Crippen LogP contribution in [0.25, 0.3) is 5.65 Å². The van der Waals surface area contributed by atoms with Gasteiger partial charge in [-0.2, -0.15) is 0 Å². The smallest absolute Gasteiger partial charge is 0.137 e. The summed E-state index contributed by atoms with van der Waals surface area (Å²) in [7, 11) is 0. The highest BCUT2D eigenvalue weighted by Crippen LogP contribution is 2.24. The highest BCUT2D eigenvalue weighted by Gasteiger charge is 2.21. The van der Waals surface area contributed by atoms with Crippen molar-refractivity contribution in [2.75, 3.05) is 6.54 Å². The first-order valence-corrected chi connectivity index (χ1v) is 7.10. The zero-order valence-electron chi connectivity index (χ0n) is 12.1. The van der Waals surface area contributed by atoms with E-state index in [1.807, 2.05) is 28.9 Å². The SMILES string of the molecule is CC(C)C(C)(C)CNCc1cn2cc(Cl)ccc2n1. The van der Waals surface area contributed by atoms with Gasteiger partial charge >= 0.3 is 0 Å². The van der Waals surface area contributed by atoms with Crippen molar-refractivity contribution in [3.63, 3.8) is 0 Å². The van der Waals surface area contributed by atoms with Gasteiger partial charge in [0, 0.05) is 25.5 Å². The summed E-state index contributed by atoms with van der Waals surface area (Å²) >= 11 is 5.96. The molecule has 4 heteroatoms. The van der Waals surface area contributed by atoms with Crippen molar-refractivity contribution in [2.45, 2.75) is 34.2 Å². The van der Waals surface area contributed by atoms with Crippen LogP contribution < -0.4 is 5.32 Å². The molecule has 2 aromatic heterocycles. The van der Waals surface area contributed by atoms with Gasteiger partial charge in [-0.05, 0) is 23.5 Å². The highest BCUT2D eigenvalue weighted by molar-refractivity contribution is 6.30. The third-order valence-corrected chi connectivity index (χ3v) is 4.14. The zero-order valence-corrected chi connectivity index (χ0v) is 12.8. The van der Waals surface area contributed by atoms with Crippen molar-refractivity contribution in [3.8, 4) is 0 Å². The molecule has 0 aliphatic rings. The lowest BCUT2D eigenvalue weighted by atomic mass is 9.81. The normalized spacial score (nSPS) is 12.5. The molecule has 0 unspecified atom stereocenters. The predicted octanol–water partition coefficient (Wildman–Crippen LogP) is 3.76. The van der Waals surface area contributed by atoms with Crippen LogP contribution in [0.5, 0.6) is 0 Å². The average Bonchev–Trinajstić information content (AvgIpc) is 2.70. The van der Waals surface area contributed by atoms with Crippen LogP contribution in [0.3, 0.4) is 0 Å². The van der Waals surface area contributed by atoms with Crippen LogP contribution in [0.15, 0.2) is 24.5 Å². The number of imidazole rings is 1. The average molecular weight is 280 g/mol. The van der Waals surface area contributed by atoms with Crippen LogP contribution in [0.1, 0.15) is 33.4 Å². The second-order valence-corrected chi connectivity index (χ2v) is 6.53. The molecule has 0 aromatic carbocycles. The van der Waals surface area contributed by atoms with E-state index in [1.165, 1.54) is 0 Å². The van der Waals surface area contributed by atoms with Crippen LogP contribution in [0.2, 0.25) is 5.02 Å². The first-order chi connectivity index (χ1) is 8.88. The Morgan fingerprint density at radius 1 is 1.32 bits per heavy atom. The number of halogens is 1. The van der Waals surface area contributed by atoms with E-state index in [0.717, 1.165) is 29.5 Å². The van der Waals surface area contributed by atoms with Gasteiger partial charge in [0.2, 0.25) is 0 Å². The largest absolute Gasteiger partial charge is 0.311 e. The molecule has 0 amide bonds. The van der Waals surface area contributed by atoms with Gasteiger partial charge in [0.1, 0.15) is 5.65 Å². The Kier molecular flexibility index (Phi) is 4.16. The molecular formula is C15H22ClN3. The maximum Gasteiger partial charge on any atom is 0.137 e. The number of hydrogen-bond donors (Lipinski definition) is 1. The lowest BCUT2D eigenvalue weighted by Gasteiger charge is -2.29. The Morgan fingerprint density at radius 3 is 2.74 bits per heavy atom. The monoisotopic (exact) mass is 279 g/mol. The molecule has 1 N–H and O–H groups in total. The quantitative estimate of drug-likeness (QED) is 0.903. The van der Waals surface area contributed by atoms with Crippen molar-refractivity contribution >= 4 is 17.2 Å². The number of pyridine rings is 1. The van der Waals surface area contributed by atoms with E-state index in [0.29, 0.717) is 11.3 Å². The fourth-order valence-corrected chi connectivity index (χ4v) is 1.99. The number of aromatic nitrogens is 2. The molecule has 2 rings (SSSR count). The lowest BCUT2D eigenvalue weighted by Crippen LogP contribution is -2.33. The summed E-state index contributed by atoms with van der Waals surface area (Å²) in [5, 5.41) is 4.22. The van der Waals surface area contributed by atoms with E-state index in [4.69, 9.17) is 11.6 Å². The van der Waals surface area contributed by atoms with Crippen LogP contribution in [0.4, 0.5) is 0 Å². The summed E-state index contributed by atoms with van der Waals surface area (Å²) in [5.74, 6) is 0.653. The summed E-state index contributed by atoms with van der Waals surface area (Å²) in [6, 6.07) is 3.80. The molecular weight excluding hydrogens is 258 g/mol. The first-order valence-electron chi connectivity index (χ1n) is 6.72. The van der Waals surface area contributed by atoms with Crippen LogP contribution in [-0.4, -0.2) is 15.9 Å². The van der Waals surface area contributed by atoms with Crippen molar-refractivity contribution < 1.29 is 0 Å². The van der Waals surface area contributed by atoms with Gasteiger partial charge in [0.15, 0.2) is 0 Å². The molecule has 0 bridgehead atoms. The summed E-state index contributed by atoms with van der Waals surface area (Å²) in [4.78, 5) is 4.56.